The van der Waals surface area contributed by atoms with Crippen LogP contribution in [0.5, 0.6) is 11.5 Å². The van der Waals surface area contributed by atoms with Crippen LogP contribution in [0.1, 0.15) is 36.7 Å². The van der Waals surface area contributed by atoms with E-state index in [9.17, 15) is 0 Å². The number of aromatic nitrogens is 2. The third-order valence-electron chi connectivity index (χ3n) is 5.13. The third-order valence-corrected chi connectivity index (χ3v) is 5.44. The van der Waals surface area contributed by atoms with Crippen LogP contribution in [-0.2, 0) is 6.54 Å². The van der Waals surface area contributed by atoms with E-state index in [4.69, 9.17) is 32.8 Å². The van der Waals surface area contributed by atoms with Gasteiger partial charge in [-0.2, -0.15) is 0 Å². The first-order valence-corrected chi connectivity index (χ1v) is 9.81. The van der Waals surface area contributed by atoms with Gasteiger partial charge in [-0.15, -0.1) is 0 Å². The minimum Gasteiger partial charge on any atom is -0.456 e. The lowest BCUT2D eigenvalue weighted by molar-refractivity contribution is 0.398. The highest BCUT2D eigenvalue weighted by atomic mass is 35.5. The van der Waals surface area contributed by atoms with Gasteiger partial charge in [-0.3, -0.25) is 0 Å². The highest BCUT2D eigenvalue weighted by Crippen LogP contribution is 2.39. The van der Waals surface area contributed by atoms with E-state index in [1.165, 1.54) is 12.6 Å². The van der Waals surface area contributed by atoms with E-state index in [0.29, 0.717) is 29.0 Å². The van der Waals surface area contributed by atoms with E-state index >= 15 is 0 Å². The summed E-state index contributed by atoms with van der Waals surface area (Å²) in [6.45, 7) is 0.386. The predicted molar refractivity (Wildman–Crippen MR) is 113 cm³/mol. The van der Waals surface area contributed by atoms with Crippen molar-refractivity contribution in [2.24, 2.45) is 11.5 Å². The zero-order chi connectivity index (χ0) is 19.5. The van der Waals surface area contributed by atoms with Gasteiger partial charge in [-0.25, -0.2) is 4.98 Å². The molecule has 4 N–H and O–H groups in total. The van der Waals surface area contributed by atoms with Crippen LogP contribution in [0.2, 0.25) is 5.02 Å². The Kier molecular flexibility index (Phi) is 5.37. The standard InChI is InChI=1S/C22H23ClN4O/c23-18-6-1-2-7-20(18)28-17-10-8-15(9-11-17)21-19(14-25)27(13-12-24)22(26-21)16-4-3-5-16/h1-2,6-13,16H,3-5,14,24-25H2/b13-12-. The maximum Gasteiger partial charge on any atom is 0.146 e. The fourth-order valence-electron chi connectivity index (χ4n) is 3.45. The highest BCUT2D eigenvalue weighted by molar-refractivity contribution is 6.32. The first-order valence-electron chi connectivity index (χ1n) is 9.43. The molecule has 0 spiro atoms. The van der Waals surface area contributed by atoms with Gasteiger partial charge in [-0.1, -0.05) is 30.2 Å². The molecule has 0 atom stereocenters. The molecule has 1 aliphatic rings. The van der Waals surface area contributed by atoms with Crippen LogP contribution >= 0.6 is 11.6 Å². The van der Waals surface area contributed by atoms with Crippen molar-refractivity contribution in [3.8, 4) is 22.8 Å². The molecule has 3 aromatic rings. The average Bonchev–Trinajstić information content (AvgIpc) is 3.01. The third kappa shape index (κ3) is 3.51. The molecule has 1 aromatic heterocycles. The molecule has 0 radical (unpaired) electrons. The number of para-hydroxylation sites is 1. The van der Waals surface area contributed by atoms with Gasteiger partial charge >= 0.3 is 0 Å². The minimum absolute atomic E-state index is 0.386. The Bertz CT molecular complexity index is 990. The van der Waals surface area contributed by atoms with Gasteiger partial charge in [0.25, 0.3) is 0 Å². The van der Waals surface area contributed by atoms with Gasteiger partial charge in [0.15, 0.2) is 0 Å². The van der Waals surface area contributed by atoms with Crippen molar-refractivity contribution in [1.82, 2.24) is 9.55 Å². The number of ether oxygens (including phenoxy) is 1. The van der Waals surface area contributed by atoms with Gasteiger partial charge in [0.05, 0.1) is 16.4 Å². The van der Waals surface area contributed by atoms with Crippen LogP contribution in [0.25, 0.3) is 17.5 Å². The smallest absolute Gasteiger partial charge is 0.146 e. The molecule has 1 heterocycles. The van der Waals surface area contributed by atoms with E-state index in [1.807, 2.05) is 53.2 Å². The van der Waals surface area contributed by atoms with E-state index < -0.39 is 0 Å². The van der Waals surface area contributed by atoms with Gasteiger partial charge in [-0.05, 0) is 49.2 Å². The zero-order valence-electron chi connectivity index (χ0n) is 15.5. The lowest BCUT2D eigenvalue weighted by Crippen LogP contribution is -2.15. The highest BCUT2D eigenvalue weighted by Gasteiger charge is 2.27. The second-order valence-corrected chi connectivity index (χ2v) is 7.27. The number of hydrogen-bond donors (Lipinski definition) is 2. The summed E-state index contributed by atoms with van der Waals surface area (Å²) in [6.07, 6.45) is 6.94. The molecule has 1 saturated carbocycles. The van der Waals surface area contributed by atoms with E-state index in [0.717, 1.165) is 35.6 Å². The number of benzene rings is 2. The Labute approximate surface area is 169 Å². The molecule has 0 aliphatic heterocycles. The molecule has 0 unspecified atom stereocenters. The van der Waals surface area contributed by atoms with Crippen LogP contribution in [0.15, 0.2) is 54.7 Å². The fourth-order valence-corrected chi connectivity index (χ4v) is 3.63. The van der Waals surface area contributed by atoms with Crippen molar-refractivity contribution in [3.05, 3.63) is 71.3 Å². The van der Waals surface area contributed by atoms with E-state index in [-0.39, 0.29) is 0 Å². The number of halogens is 1. The molecule has 28 heavy (non-hydrogen) atoms. The molecular weight excluding hydrogens is 372 g/mol. The van der Waals surface area contributed by atoms with Crippen LogP contribution in [0.3, 0.4) is 0 Å². The summed E-state index contributed by atoms with van der Waals surface area (Å²) in [7, 11) is 0. The average molecular weight is 395 g/mol. The minimum atomic E-state index is 0.386. The molecule has 0 saturated heterocycles. The summed E-state index contributed by atoms with van der Waals surface area (Å²) >= 11 is 6.17. The van der Waals surface area contributed by atoms with Crippen molar-refractivity contribution in [3.63, 3.8) is 0 Å². The number of hydrogen-bond acceptors (Lipinski definition) is 4. The summed E-state index contributed by atoms with van der Waals surface area (Å²) in [5.41, 5.74) is 14.6. The number of imidazole rings is 1. The normalized spacial score (nSPS) is 14.4. The number of rotatable bonds is 6. The second kappa shape index (κ2) is 8.09. The molecule has 6 heteroatoms. The summed E-state index contributed by atoms with van der Waals surface area (Å²) in [6, 6.07) is 15.2. The van der Waals surface area contributed by atoms with Crippen molar-refractivity contribution >= 4 is 17.8 Å². The molecular formula is C22H23ClN4O. The molecule has 5 nitrogen and oxygen atoms in total. The molecule has 0 amide bonds. The Morgan fingerprint density at radius 2 is 1.89 bits per heavy atom. The lowest BCUT2D eigenvalue weighted by atomic mass is 9.85. The van der Waals surface area contributed by atoms with E-state index in [2.05, 4.69) is 0 Å². The second-order valence-electron chi connectivity index (χ2n) is 6.87. The number of nitrogens with zero attached hydrogens (tertiary/aromatic N) is 2. The Morgan fingerprint density at radius 3 is 2.50 bits per heavy atom. The van der Waals surface area contributed by atoms with Crippen LogP contribution in [-0.4, -0.2) is 9.55 Å². The first-order chi connectivity index (χ1) is 13.7. The predicted octanol–water partition coefficient (Wildman–Crippen LogP) is 5.11. The van der Waals surface area contributed by atoms with Crippen LogP contribution < -0.4 is 16.2 Å². The molecule has 2 aromatic carbocycles. The molecule has 1 aliphatic carbocycles. The first kappa shape index (κ1) is 18.6. The quantitative estimate of drug-likeness (QED) is 0.608. The molecule has 144 valence electrons. The van der Waals surface area contributed by atoms with Gasteiger partial charge < -0.3 is 20.8 Å². The Balaban J connectivity index is 1.66. The van der Waals surface area contributed by atoms with Gasteiger partial charge in [0, 0.05) is 30.4 Å². The van der Waals surface area contributed by atoms with Crippen molar-refractivity contribution < 1.29 is 4.74 Å². The summed E-state index contributed by atoms with van der Waals surface area (Å²) < 4.78 is 7.93. The monoisotopic (exact) mass is 394 g/mol. The zero-order valence-corrected chi connectivity index (χ0v) is 16.3. The fraction of sp³-hybridized carbons (Fsp3) is 0.227. The molecule has 1 fully saturated rings. The summed E-state index contributed by atoms with van der Waals surface area (Å²) in [5.74, 6) is 2.86. The topological polar surface area (TPSA) is 79.1 Å². The van der Waals surface area contributed by atoms with Crippen LogP contribution in [0.4, 0.5) is 0 Å². The van der Waals surface area contributed by atoms with Crippen LogP contribution in [0, 0.1) is 0 Å². The maximum atomic E-state index is 6.17. The largest absolute Gasteiger partial charge is 0.456 e. The van der Waals surface area contributed by atoms with Crippen molar-refractivity contribution in [1.29, 1.82) is 0 Å². The Morgan fingerprint density at radius 1 is 1.14 bits per heavy atom. The van der Waals surface area contributed by atoms with E-state index in [1.54, 1.807) is 6.07 Å². The Hall–Kier alpha value is -2.76. The number of nitrogens with two attached hydrogens (primary N) is 2. The molecule has 4 rings (SSSR count). The van der Waals surface area contributed by atoms with Gasteiger partial charge in [0.2, 0.25) is 0 Å². The summed E-state index contributed by atoms with van der Waals surface area (Å²) in [4.78, 5) is 4.93. The SMILES string of the molecule is N/C=C\n1c(C2CCC2)nc(-c2ccc(Oc3ccccc3Cl)cc2)c1CN. The van der Waals surface area contributed by atoms with Gasteiger partial charge in [0.1, 0.15) is 17.3 Å². The van der Waals surface area contributed by atoms with Crippen molar-refractivity contribution in [2.75, 3.05) is 0 Å². The van der Waals surface area contributed by atoms with Crippen molar-refractivity contribution in [2.45, 2.75) is 31.7 Å². The lowest BCUT2D eigenvalue weighted by Gasteiger charge is -2.24. The maximum absolute atomic E-state index is 6.17. The molecule has 0 bridgehead atoms. The summed E-state index contributed by atoms with van der Waals surface area (Å²) in [5, 5.41) is 0.578.